The van der Waals surface area contributed by atoms with Crippen LogP contribution in [0.5, 0.6) is 5.75 Å². The number of hydrogen-bond donors (Lipinski definition) is 3. The van der Waals surface area contributed by atoms with Crippen molar-refractivity contribution >= 4 is 6.29 Å². The summed E-state index contributed by atoms with van der Waals surface area (Å²) >= 11 is 0. The molecule has 1 aromatic rings. The van der Waals surface area contributed by atoms with Gasteiger partial charge in [0.2, 0.25) is 0 Å². The predicted octanol–water partition coefficient (Wildman–Crippen LogP) is 0.106. The molecular weight excluding hydrogens is 264 g/mol. The molecule has 0 radical (unpaired) electrons. The molecule has 0 atom stereocenters. The van der Waals surface area contributed by atoms with E-state index in [2.05, 4.69) is 0 Å². The van der Waals surface area contributed by atoms with Crippen molar-refractivity contribution in [2.45, 2.75) is 0 Å². The van der Waals surface area contributed by atoms with Crippen molar-refractivity contribution in [2.24, 2.45) is 11.5 Å². The number of rotatable bonds is 2. The standard InChI is InChI=1S/C7H6O2.C2H8N2.Mo/c8-5-6-3-1-2-4-7(6)9;3-1-2-4;/h1-5,9H;1-4H2;. The first-order chi connectivity index (χ1) is 6.26. The zero-order valence-electron chi connectivity index (χ0n) is 7.72. The average Bonchev–Trinajstić information content (AvgIpc) is 2.19. The Balaban J connectivity index is 0. The number of carbonyl (C=O) groups excluding carboxylic acids is 1. The van der Waals surface area contributed by atoms with Crippen LogP contribution >= 0.6 is 0 Å². The van der Waals surface area contributed by atoms with Gasteiger partial charge in [-0.2, -0.15) is 0 Å². The number of carbonyl (C=O) groups is 1. The maximum absolute atomic E-state index is 10.1. The van der Waals surface area contributed by atoms with Crippen molar-refractivity contribution in [2.75, 3.05) is 13.1 Å². The topological polar surface area (TPSA) is 89.3 Å². The third kappa shape index (κ3) is 6.78. The van der Waals surface area contributed by atoms with E-state index in [-0.39, 0.29) is 26.8 Å². The van der Waals surface area contributed by atoms with Gasteiger partial charge in [-0.25, -0.2) is 0 Å². The van der Waals surface area contributed by atoms with Gasteiger partial charge in [0.15, 0.2) is 6.29 Å². The van der Waals surface area contributed by atoms with Gasteiger partial charge in [0.25, 0.3) is 0 Å². The summed E-state index contributed by atoms with van der Waals surface area (Å²) in [6, 6.07) is 6.40. The minimum Gasteiger partial charge on any atom is -0.507 e. The fraction of sp³-hybridized carbons (Fsp3) is 0.222. The average molecular weight is 278 g/mol. The molecule has 0 unspecified atom stereocenters. The molecule has 1 rings (SSSR count). The van der Waals surface area contributed by atoms with Crippen molar-refractivity contribution < 1.29 is 31.0 Å². The Morgan fingerprint density at radius 1 is 1.21 bits per heavy atom. The normalized spacial score (nSPS) is 7.86. The van der Waals surface area contributed by atoms with Crippen LogP contribution in [-0.4, -0.2) is 24.5 Å². The second kappa shape index (κ2) is 10.4. The molecule has 0 amide bonds. The Kier molecular flexibility index (Phi) is 11.7. The number of aldehydes is 1. The molecule has 0 bridgehead atoms. The van der Waals surface area contributed by atoms with Crippen molar-refractivity contribution in [1.29, 1.82) is 0 Å². The van der Waals surface area contributed by atoms with Crippen LogP contribution in [0, 0.1) is 0 Å². The molecule has 0 aliphatic carbocycles. The van der Waals surface area contributed by atoms with Crippen LogP contribution in [-0.2, 0) is 21.1 Å². The molecule has 0 aliphatic rings. The van der Waals surface area contributed by atoms with Gasteiger partial charge in [0.1, 0.15) is 5.75 Å². The van der Waals surface area contributed by atoms with Crippen molar-refractivity contribution in [3.05, 3.63) is 29.8 Å². The zero-order chi connectivity index (χ0) is 10.1. The van der Waals surface area contributed by atoms with Crippen LogP contribution in [0.4, 0.5) is 0 Å². The van der Waals surface area contributed by atoms with Crippen LogP contribution in [0.25, 0.3) is 0 Å². The van der Waals surface area contributed by atoms with E-state index in [9.17, 15) is 4.79 Å². The first-order valence-corrected chi connectivity index (χ1v) is 3.89. The van der Waals surface area contributed by atoms with Crippen LogP contribution < -0.4 is 11.5 Å². The number of benzene rings is 1. The molecule has 0 aliphatic heterocycles. The molecule has 4 nitrogen and oxygen atoms in total. The Bertz CT molecular complexity index is 254. The molecule has 0 saturated heterocycles. The Hall–Kier alpha value is -0.702. The smallest absolute Gasteiger partial charge is 0.153 e. The Morgan fingerprint density at radius 2 is 1.71 bits per heavy atom. The molecule has 0 heterocycles. The van der Waals surface area contributed by atoms with E-state index in [0.29, 0.717) is 24.9 Å². The van der Waals surface area contributed by atoms with Crippen molar-refractivity contribution in [3.8, 4) is 5.75 Å². The van der Waals surface area contributed by atoms with Gasteiger partial charge in [-0.3, -0.25) is 4.79 Å². The minimum atomic E-state index is 0. The number of phenolic OH excluding ortho intramolecular Hbond substituents is 1. The maximum atomic E-state index is 10.1. The quantitative estimate of drug-likeness (QED) is 0.529. The molecule has 0 spiro atoms. The maximum Gasteiger partial charge on any atom is 0.153 e. The summed E-state index contributed by atoms with van der Waals surface area (Å²) in [4.78, 5) is 10.1. The summed E-state index contributed by atoms with van der Waals surface area (Å²) in [5, 5.41) is 8.88. The van der Waals surface area contributed by atoms with Crippen LogP contribution in [0.3, 0.4) is 0 Å². The SMILES string of the molecule is NCCN.O=Cc1ccccc1O.[Mo]. The summed E-state index contributed by atoms with van der Waals surface area (Å²) in [7, 11) is 0. The van der Waals surface area contributed by atoms with E-state index >= 15 is 0 Å². The number of para-hydroxylation sites is 1. The summed E-state index contributed by atoms with van der Waals surface area (Å²) in [5.41, 5.74) is 10.1. The number of hydrogen-bond acceptors (Lipinski definition) is 4. The first-order valence-electron chi connectivity index (χ1n) is 3.89. The van der Waals surface area contributed by atoms with E-state index in [1.807, 2.05) is 0 Å². The van der Waals surface area contributed by atoms with Gasteiger partial charge < -0.3 is 16.6 Å². The second-order valence-electron chi connectivity index (χ2n) is 2.25. The van der Waals surface area contributed by atoms with Gasteiger partial charge in [-0.05, 0) is 12.1 Å². The molecule has 0 saturated carbocycles. The summed E-state index contributed by atoms with van der Waals surface area (Å²) in [6.45, 7) is 1.19. The monoisotopic (exact) mass is 280 g/mol. The molecule has 1 aromatic carbocycles. The van der Waals surface area contributed by atoms with Crippen LogP contribution in [0.2, 0.25) is 0 Å². The predicted molar refractivity (Wildman–Crippen MR) is 51.6 cm³/mol. The first kappa shape index (κ1) is 15.8. The fourth-order valence-corrected chi connectivity index (χ4v) is 0.587. The third-order valence-electron chi connectivity index (χ3n) is 1.23. The molecular formula is C9H14MoN2O2. The molecule has 78 valence electrons. The summed E-state index contributed by atoms with van der Waals surface area (Å²) in [6.07, 6.45) is 0.620. The molecule has 0 fully saturated rings. The largest absolute Gasteiger partial charge is 0.507 e. The van der Waals surface area contributed by atoms with Crippen molar-refractivity contribution in [1.82, 2.24) is 0 Å². The van der Waals surface area contributed by atoms with Gasteiger partial charge in [-0.1, -0.05) is 12.1 Å². The van der Waals surface area contributed by atoms with Gasteiger partial charge >= 0.3 is 0 Å². The Labute approximate surface area is 97.6 Å². The van der Waals surface area contributed by atoms with Gasteiger partial charge in [0, 0.05) is 34.2 Å². The van der Waals surface area contributed by atoms with Crippen LogP contribution in [0.1, 0.15) is 10.4 Å². The minimum absolute atomic E-state index is 0. The van der Waals surface area contributed by atoms with E-state index in [4.69, 9.17) is 16.6 Å². The van der Waals surface area contributed by atoms with E-state index in [1.165, 1.54) is 6.07 Å². The fourth-order valence-electron chi connectivity index (χ4n) is 0.587. The molecule has 0 aromatic heterocycles. The summed E-state index contributed by atoms with van der Waals surface area (Å²) < 4.78 is 0. The van der Waals surface area contributed by atoms with Crippen molar-refractivity contribution in [3.63, 3.8) is 0 Å². The number of phenols is 1. The van der Waals surface area contributed by atoms with E-state index in [1.54, 1.807) is 18.2 Å². The molecule has 14 heavy (non-hydrogen) atoms. The second-order valence-corrected chi connectivity index (χ2v) is 2.25. The molecule has 5 heteroatoms. The van der Waals surface area contributed by atoms with E-state index < -0.39 is 0 Å². The molecule has 5 N–H and O–H groups in total. The van der Waals surface area contributed by atoms with Gasteiger partial charge in [0.05, 0.1) is 5.56 Å². The van der Waals surface area contributed by atoms with E-state index in [0.717, 1.165) is 0 Å². The number of aromatic hydroxyl groups is 1. The zero-order valence-corrected chi connectivity index (χ0v) is 9.73. The summed E-state index contributed by atoms with van der Waals surface area (Å²) in [5.74, 6) is 0.0347. The van der Waals surface area contributed by atoms with Gasteiger partial charge in [-0.15, -0.1) is 0 Å². The number of nitrogens with two attached hydrogens (primary N) is 2. The third-order valence-corrected chi connectivity index (χ3v) is 1.23. The van der Waals surface area contributed by atoms with Crippen LogP contribution in [0.15, 0.2) is 24.3 Å². The Morgan fingerprint density at radius 3 is 2.00 bits per heavy atom.